The summed E-state index contributed by atoms with van der Waals surface area (Å²) in [5, 5.41) is 8.43. The van der Waals surface area contributed by atoms with Crippen molar-refractivity contribution >= 4 is 20.9 Å². The summed E-state index contributed by atoms with van der Waals surface area (Å²) in [5.74, 6) is 0. The maximum atomic E-state index is 12.6. The lowest BCUT2D eigenvalue weighted by Crippen LogP contribution is -2.25. The highest BCUT2D eigenvalue weighted by Gasteiger charge is 2.14. The molecule has 142 valence electrons. The molecule has 1 heterocycles. The fourth-order valence-corrected chi connectivity index (χ4v) is 3.84. The van der Waals surface area contributed by atoms with Gasteiger partial charge in [0, 0.05) is 6.54 Å². The third-order valence-electron chi connectivity index (χ3n) is 4.28. The van der Waals surface area contributed by atoms with Crippen LogP contribution in [0.2, 0.25) is 0 Å². The second kappa shape index (κ2) is 8.41. The molecule has 0 fully saturated rings. The van der Waals surface area contributed by atoms with Crippen LogP contribution in [0.15, 0.2) is 58.2 Å². The van der Waals surface area contributed by atoms with Gasteiger partial charge in [0.15, 0.2) is 0 Å². The van der Waals surface area contributed by atoms with E-state index in [1.165, 1.54) is 12.1 Å². The van der Waals surface area contributed by atoms with Crippen molar-refractivity contribution in [2.75, 3.05) is 6.54 Å². The maximum Gasteiger partial charge on any atom is 0.282 e. The summed E-state index contributed by atoms with van der Waals surface area (Å²) in [6, 6.07) is 13.0. The van der Waals surface area contributed by atoms with Crippen molar-refractivity contribution in [3.05, 3.63) is 58.9 Å². The number of fused-ring (bicyclic) bond motifs is 1. The zero-order chi connectivity index (χ0) is 19.3. The number of sulfonamides is 1. The van der Waals surface area contributed by atoms with Crippen molar-refractivity contribution in [3.63, 3.8) is 0 Å². The predicted molar refractivity (Wildman–Crippen MR) is 104 cm³/mol. The molecule has 7 nitrogen and oxygen atoms in total. The molecule has 8 heteroatoms. The quantitative estimate of drug-likeness (QED) is 0.601. The molecule has 0 amide bonds. The van der Waals surface area contributed by atoms with Crippen molar-refractivity contribution in [3.8, 4) is 5.69 Å². The minimum absolute atomic E-state index is 0.156. The zero-order valence-corrected chi connectivity index (χ0v) is 15.9. The minimum atomic E-state index is -3.56. The average Bonchev–Trinajstić information content (AvgIpc) is 2.68. The van der Waals surface area contributed by atoms with E-state index in [2.05, 4.69) is 22.0 Å². The van der Waals surface area contributed by atoms with Crippen LogP contribution in [0.25, 0.3) is 16.6 Å². The minimum Gasteiger partial charge on any atom is -0.267 e. The maximum absolute atomic E-state index is 12.6. The average molecular weight is 386 g/mol. The van der Waals surface area contributed by atoms with Crippen LogP contribution in [0.4, 0.5) is 0 Å². The summed E-state index contributed by atoms with van der Waals surface area (Å²) >= 11 is 0. The lowest BCUT2D eigenvalue weighted by atomic mass is 10.2. The topological polar surface area (TPSA) is 93.9 Å². The number of unbranched alkanes of at least 4 members (excludes halogenated alkanes) is 3. The number of nitrogens with zero attached hydrogens (tertiary/aromatic N) is 3. The van der Waals surface area contributed by atoms with Gasteiger partial charge in [0.2, 0.25) is 10.0 Å². The molecule has 0 bridgehead atoms. The number of rotatable bonds is 8. The molecular formula is C19H22N4O3S. The van der Waals surface area contributed by atoms with Crippen molar-refractivity contribution in [1.82, 2.24) is 19.7 Å². The Balaban J connectivity index is 1.79. The summed E-state index contributed by atoms with van der Waals surface area (Å²) in [6.45, 7) is 2.52. The fraction of sp³-hybridized carbons (Fsp3) is 0.316. The van der Waals surface area contributed by atoms with Gasteiger partial charge in [-0.15, -0.1) is 5.10 Å². The van der Waals surface area contributed by atoms with Crippen LogP contribution in [0.1, 0.15) is 32.6 Å². The molecule has 0 aliphatic carbocycles. The SMILES string of the molecule is CCCCCCNS(=O)(=O)c1ccc(-n2nnc3ccccc3c2=O)cc1. The van der Waals surface area contributed by atoms with Gasteiger partial charge >= 0.3 is 0 Å². The van der Waals surface area contributed by atoms with Crippen LogP contribution in [-0.2, 0) is 10.0 Å². The number of aromatic nitrogens is 3. The van der Waals surface area contributed by atoms with Crippen LogP contribution in [0.3, 0.4) is 0 Å². The van der Waals surface area contributed by atoms with Gasteiger partial charge < -0.3 is 0 Å². The summed E-state index contributed by atoms with van der Waals surface area (Å²) in [7, 11) is -3.56. The van der Waals surface area contributed by atoms with Crippen molar-refractivity contribution in [2.24, 2.45) is 0 Å². The van der Waals surface area contributed by atoms with E-state index in [0.717, 1.165) is 30.4 Å². The first-order valence-electron chi connectivity index (χ1n) is 8.98. The molecule has 1 aromatic heterocycles. The highest BCUT2D eigenvalue weighted by Crippen LogP contribution is 2.13. The van der Waals surface area contributed by atoms with Crippen LogP contribution in [0, 0.1) is 0 Å². The third-order valence-corrected chi connectivity index (χ3v) is 5.76. The number of hydrogen-bond donors (Lipinski definition) is 1. The van der Waals surface area contributed by atoms with Crippen LogP contribution < -0.4 is 10.3 Å². The molecule has 0 saturated heterocycles. The molecule has 0 spiro atoms. The Morgan fingerprint density at radius 3 is 2.48 bits per heavy atom. The van der Waals surface area contributed by atoms with Crippen molar-refractivity contribution < 1.29 is 8.42 Å². The molecule has 27 heavy (non-hydrogen) atoms. The van der Waals surface area contributed by atoms with Gasteiger partial charge in [-0.05, 0) is 42.8 Å². The Hall–Kier alpha value is -2.58. The first-order valence-corrected chi connectivity index (χ1v) is 10.5. The molecule has 3 aromatic rings. The Morgan fingerprint density at radius 2 is 1.74 bits per heavy atom. The monoisotopic (exact) mass is 386 g/mol. The summed E-state index contributed by atoms with van der Waals surface area (Å²) in [4.78, 5) is 12.7. The molecule has 2 aromatic carbocycles. The second-order valence-corrected chi connectivity index (χ2v) is 8.04. The summed E-state index contributed by atoms with van der Waals surface area (Å²) < 4.78 is 28.5. The Kier molecular flexibility index (Phi) is 5.98. The fourth-order valence-electron chi connectivity index (χ4n) is 2.77. The smallest absolute Gasteiger partial charge is 0.267 e. The van der Waals surface area contributed by atoms with Gasteiger partial charge in [-0.2, -0.15) is 4.68 Å². The molecule has 0 atom stereocenters. The van der Waals surface area contributed by atoms with E-state index < -0.39 is 10.0 Å². The van der Waals surface area contributed by atoms with E-state index in [1.54, 1.807) is 36.4 Å². The van der Waals surface area contributed by atoms with Gasteiger partial charge in [0.25, 0.3) is 5.56 Å². The Bertz CT molecular complexity index is 1080. The van der Waals surface area contributed by atoms with Gasteiger partial charge in [-0.25, -0.2) is 13.1 Å². The van der Waals surface area contributed by atoms with Crippen LogP contribution in [0.5, 0.6) is 0 Å². The molecular weight excluding hydrogens is 364 g/mol. The Labute approximate surface area is 158 Å². The first-order chi connectivity index (χ1) is 13.0. The summed E-state index contributed by atoms with van der Waals surface area (Å²) in [6.07, 6.45) is 4.01. The number of hydrogen-bond acceptors (Lipinski definition) is 5. The standard InChI is InChI=1S/C19H22N4O3S/c1-2-3-4-7-14-20-27(25,26)16-12-10-15(11-13-16)23-19(24)17-8-5-6-9-18(17)21-22-23/h5-6,8-13,20H,2-4,7,14H2,1H3. The van der Waals surface area contributed by atoms with Gasteiger partial charge in [-0.1, -0.05) is 43.5 Å². The normalized spacial score (nSPS) is 11.7. The molecule has 0 aliphatic rings. The first kappa shape index (κ1) is 19.2. The molecule has 0 unspecified atom stereocenters. The van der Waals surface area contributed by atoms with E-state index in [9.17, 15) is 13.2 Å². The van der Waals surface area contributed by atoms with Gasteiger partial charge in [-0.3, -0.25) is 4.79 Å². The van der Waals surface area contributed by atoms with E-state index in [0.29, 0.717) is 23.1 Å². The largest absolute Gasteiger partial charge is 0.282 e. The lowest BCUT2D eigenvalue weighted by Gasteiger charge is -2.08. The van der Waals surface area contributed by atoms with Gasteiger partial charge in [0.1, 0.15) is 5.52 Å². The molecule has 0 aliphatic heterocycles. The third kappa shape index (κ3) is 4.40. The lowest BCUT2D eigenvalue weighted by molar-refractivity contribution is 0.573. The van der Waals surface area contributed by atoms with E-state index in [-0.39, 0.29) is 10.5 Å². The van der Waals surface area contributed by atoms with Crippen LogP contribution in [-0.4, -0.2) is 30.0 Å². The highest BCUT2D eigenvalue weighted by molar-refractivity contribution is 7.89. The molecule has 0 radical (unpaired) electrons. The molecule has 1 N–H and O–H groups in total. The summed E-state index contributed by atoms with van der Waals surface area (Å²) in [5.41, 5.74) is 0.677. The highest BCUT2D eigenvalue weighted by atomic mass is 32.2. The van der Waals surface area contributed by atoms with E-state index >= 15 is 0 Å². The Morgan fingerprint density at radius 1 is 1.00 bits per heavy atom. The zero-order valence-electron chi connectivity index (χ0n) is 15.1. The number of benzene rings is 2. The molecule has 3 rings (SSSR count). The van der Waals surface area contributed by atoms with Crippen molar-refractivity contribution in [2.45, 2.75) is 37.5 Å². The molecule has 0 saturated carbocycles. The predicted octanol–water partition coefficient (Wildman–Crippen LogP) is 2.64. The van der Waals surface area contributed by atoms with E-state index in [4.69, 9.17) is 0 Å². The van der Waals surface area contributed by atoms with Crippen LogP contribution >= 0.6 is 0 Å². The van der Waals surface area contributed by atoms with Crippen molar-refractivity contribution in [1.29, 1.82) is 0 Å². The van der Waals surface area contributed by atoms with E-state index in [1.807, 2.05) is 0 Å². The second-order valence-electron chi connectivity index (χ2n) is 6.28. The number of nitrogens with one attached hydrogen (secondary N) is 1. The van der Waals surface area contributed by atoms with Gasteiger partial charge in [0.05, 0.1) is 16.0 Å².